The highest BCUT2D eigenvalue weighted by Gasteiger charge is 2.36. The Morgan fingerprint density at radius 3 is 0.987 bits per heavy atom. The first-order chi connectivity index (χ1) is 38.6. The Bertz CT molecular complexity index is 2800. The Kier molecular flexibility index (Phi) is 20.1. The SMILES string of the molecule is CCCCCCCCc1ccc(-c2ccc(N(c3ccc(C4CCCCC4)cc3)c3ccc(C4(c5ccc(N(c6ccc(CCCCCCCC)cc6)c6ccc(C7CCCCC7)cc6)cc5)CCCCC4)cc3)cc2)cc1. The predicted octanol–water partition coefficient (Wildman–Crippen LogP) is 23.4. The lowest BCUT2D eigenvalue weighted by atomic mass is 9.65. The number of anilines is 6. The minimum Gasteiger partial charge on any atom is -0.311 e. The van der Waals surface area contributed by atoms with Gasteiger partial charge in [-0.15, -0.1) is 0 Å². The van der Waals surface area contributed by atoms with Crippen LogP contribution in [-0.4, -0.2) is 0 Å². The van der Waals surface area contributed by atoms with Crippen molar-refractivity contribution in [2.45, 2.75) is 217 Å². The minimum atomic E-state index is -0.0295. The molecule has 78 heavy (non-hydrogen) atoms. The summed E-state index contributed by atoms with van der Waals surface area (Å²) < 4.78 is 0. The zero-order valence-electron chi connectivity index (χ0n) is 48.2. The molecule has 2 nitrogen and oxygen atoms in total. The molecule has 2 heteroatoms. The normalized spacial score (nSPS) is 16.0. The molecule has 0 atom stereocenters. The number of unbranched alkanes of at least 4 members (excludes halogenated alkanes) is 10. The quantitative estimate of drug-likeness (QED) is 0.0527. The molecule has 7 aromatic rings. The van der Waals surface area contributed by atoms with Crippen molar-refractivity contribution in [3.05, 3.63) is 203 Å². The zero-order valence-corrected chi connectivity index (χ0v) is 48.2. The summed E-state index contributed by atoms with van der Waals surface area (Å²) in [4.78, 5) is 4.99. The first-order valence-electron chi connectivity index (χ1n) is 31.9. The average Bonchev–Trinajstić information content (AvgIpc) is 3.64. The largest absolute Gasteiger partial charge is 0.311 e. The topological polar surface area (TPSA) is 6.48 Å². The van der Waals surface area contributed by atoms with Crippen LogP contribution in [0.5, 0.6) is 0 Å². The summed E-state index contributed by atoms with van der Waals surface area (Å²) in [6.45, 7) is 4.60. The molecule has 0 unspecified atom stereocenters. The summed E-state index contributed by atoms with van der Waals surface area (Å²) >= 11 is 0. The summed E-state index contributed by atoms with van der Waals surface area (Å²) in [5, 5.41) is 0. The highest BCUT2D eigenvalue weighted by molar-refractivity contribution is 5.80. The third-order valence-electron chi connectivity index (χ3n) is 18.8. The van der Waals surface area contributed by atoms with Crippen LogP contribution in [-0.2, 0) is 18.3 Å². The Morgan fingerprint density at radius 2 is 0.603 bits per heavy atom. The highest BCUT2D eigenvalue weighted by atomic mass is 15.1. The highest BCUT2D eigenvalue weighted by Crippen LogP contribution is 2.48. The van der Waals surface area contributed by atoms with Crippen LogP contribution >= 0.6 is 0 Å². The van der Waals surface area contributed by atoms with Gasteiger partial charge in [0.05, 0.1) is 0 Å². The van der Waals surface area contributed by atoms with Crippen molar-refractivity contribution in [1.29, 1.82) is 0 Å². The van der Waals surface area contributed by atoms with Gasteiger partial charge in [-0.2, -0.15) is 0 Å². The molecule has 0 spiro atoms. The molecule has 0 N–H and O–H groups in total. The van der Waals surface area contributed by atoms with Crippen LogP contribution in [0.15, 0.2) is 170 Å². The molecule has 3 aliphatic carbocycles. The Morgan fingerprint density at radius 1 is 0.308 bits per heavy atom. The van der Waals surface area contributed by atoms with E-state index < -0.39 is 0 Å². The van der Waals surface area contributed by atoms with Crippen molar-refractivity contribution in [2.75, 3.05) is 9.80 Å². The summed E-state index contributed by atoms with van der Waals surface area (Å²) in [6, 6.07) is 67.1. The predicted molar refractivity (Wildman–Crippen MR) is 337 cm³/mol. The maximum absolute atomic E-state index is 2.50. The van der Waals surface area contributed by atoms with Crippen LogP contribution < -0.4 is 9.80 Å². The molecule has 3 fully saturated rings. The molecular formula is C76H94N2. The summed E-state index contributed by atoms with van der Waals surface area (Å²) in [5.41, 5.74) is 18.7. The molecule has 0 heterocycles. The fourth-order valence-corrected chi connectivity index (χ4v) is 14.0. The molecular weight excluding hydrogens is 941 g/mol. The third kappa shape index (κ3) is 14.1. The molecule has 408 valence electrons. The lowest BCUT2D eigenvalue weighted by Gasteiger charge is -2.39. The third-order valence-corrected chi connectivity index (χ3v) is 18.8. The van der Waals surface area contributed by atoms with Gasteiger partial charge in [0.15, 0.2) is 0 Å². The molecule has 0 aromatic heterocycles. The van der Waals surface area contributed by atoms with Gasteiger partial charge in [-0.25, -0.2) is 0 Å². The van der Waals surface area contributed by atoms with Crippen molar-refractivity contribution in [1.82, 2.24) is 0 Å². The van der Waals surface area contributed by atoms with E-state index in [2.05, 4.69) is 194 Å². The molecule has 0 bridgehead atoms. The average molecular weight is 1040 g/mol. The van der Waals surface area contributed by atoms with Gasteiger partial charge in [0.2, 0.25) is 0 Å². The second-order valence-corrected chi connectivity index (χ2v) is 24.2. The van der Waals surface area contributed by atoms with Gasteiger partial charge in [0.1, 0.15) is 0 Å². The van der Waals surface area contributed by atoms with Crippen molar-refractivity contribution in [3.8, 4) is 11.1 Å². The van der Waals surface area contributed by atoms with Crippen LogP contribution in [0.25, 0.3) is 11.1 Å². The van der Waals surface area contributed by atoms with Gasteiger partial charge in [-0.3, -0.25) is 0 Å². The van der Waals surface area contributed by atoms with Gasteiger partial charge < -0.3 is 9.80 Å². The van der Waals surface area contributed by atoms with Crippen molar-refractivity contribution in [2.24, 2.45) is 0 Å². The second-order valence-electron chi connectivity index (χ2n) is 24.2. The molecule has 0 radical (unpaired) electrons. The smallest absolute Gasteiger partial charge is 0.0462 e. The summed E-state index contributed by atoms with van der Waals surface area (Å²) in [6.07, 6.45) is 38.0. The zero-order chi connectivity index (χ0) is 53.2. The number of aryl methyl sites for hydroxylation is 2. The number of benzene rings is 7. The van der Waals surface area contributed by atoms with Crippen LogP contribution in [0.3, 0.4) is 0 Å². The Hall–Kier alpha value is -5.86. The van der Waals surface area contributed by atoms with Crippen LogP contribution in [0.4, 0.5) is 34.1 Å². The molecule has 0 aliphatic heterocycles. The van der Waals surface area contributed by atoms with E-state index in [-0.39, 0.29) is 5.41 Å². The van der Waals surface area contributed by atoms with Gasteiger partial charge in [0.25, 0.3) is 0 Å². The number of nitrogens with zero attached hydrogens (tertiary/aromatic N) is 2. The fourth-order valence-electron chi connectivity index (χ4n) is 14.0. The van der Waals surface area contributed by atoms with Crippen LogP contribution in [0.2, 0.25) is 0 Å². The second kappa shape index (κ2) is 28.3. The van der Waals surface area contributed by atoms with Crippen molar-refractivity contribution in [3.63, 3.8) is 0 Å². The Balaban J connectivity index is 0.913. The van der Waals surface area contributed by atoms with Gasteiger partial charge in [0, 0.05) is 39.5 Å². The van der Waals surface area contributed by atoms with E-state index in [1.807, 2.05) is 0 Å². The first kappa shape index (κ1) is 55.5. The van der Waals surface area contributed by atoms with E-state index in [0.717, 1.165) is 6.42 Å². The van der Waals surface area contributed by atoms with Gasteiger partial charge >= 0.3 is 0 Å². The Labute approximate surface area is 473 Å². The monoisotopic (exact) mass is 1030 g/mol. The summed E-state index contributed by atoms with van der Waals surface area (Å²) in [7, 11) is 0. The maximum atomic E-state index is 2.50. The van der Waals surface area contributed by atoms with Crippen molar-refractivity contribution < 1.29 is 0 Å². The summed E-state index contributed by atoms with van der Waals surface area (Å²) in [5.74, 6) is 1.38. The minimum absolute atomic E-state index is 0.0295. The van der Waals surface area contributed by atoms with Crippen LogP contribution in [0.1, 0.15) is 232 Å². The van der Waals surface area contributed by atoms with E-state index >= 15 is 0 Å². The number of hydrogen-bond donors (Lipinski definition) is 0. The molecule has 3 aliphatic rings. The lowest BCUT2D eigenvalue weighted by molar-refractivity contribution is 0.346. The standard InChI is InChI=1S/C76H94N2/c1-3-5-7-9-11-16-24-60-30-34-64(35-31-60)67-40-52-73(53-41-67)78(72-50-38-66(39-51-72)63-28-20-14-21-29-63)75-56-44-69(45-57-75)76(58-22-15-23-59-76)68-42-54-74(55-43-68)77(71-48-36-65(37-49-71)62-26-18-13-19-27-62)70-46-32-61(33-47-70)25-17-12-10-8-6-4-2/h30-57,62-63H,3-29,58-59H2,1-2H3. The van der Waals surface area contributed by atoms with E-state index in [1.54, 1.807) is 0 Å². The van der Waals surface area contributed by atoms with E-state index in [1.165, 1.54) is 258 Å². The van der Waals surface area contributed by atoms with Crippen molar-refractivity contribution >= 4 is 34.1 Å². The molecule has 7 aromatic carbocycles. The maximum Gasteiger partial charge on any atom is 0.0462 e. The molecule has 3 saturated carbocycles. The van der Waals surface area contributed by atoms with Gasteiger partial charge in [-0.05, 0) is 193 Å². The molecule has 0 amide bonds. The van der Waals surface area contributed by atoms with E-state index in [4.69, 9.17) is 0 Å². The number of rotatable bonds is 25. The van der Waals surface area contributed by atoms with Gasteiger partial charge in [-0.1, -0.05) is 233 Å². The first-order valence-corrected chi connectivity index (χ1v) is 31.9. The lowest BCUT2D eigenvalue weighted by Crippen LogP contribution is -2.30. The van der Waals surface area contributed by atoms with Crippen LogP contribution in [0, 0.1) is 0 Å². The fraction of sp³-hybridized carbons (Fsp3) is 0.447. The van der Waals surface area contributed by atoms with E-state index in [9.17, 15) is 0 Å². The molecule has 10 rings (SSSR count). The number of hydrogen-bond acceptors (Lipinski definition) is 2. The van der Waals surface area contributed by atoms with E-state index in [0.29, 0.717) is 11.8 Å². The molecule has 0 saturated heterocycles.